The first-order valence-corrected chi connectivity index (χ1v) is 5.38. The van der Waals surface area contributed by atoms with Crippen LogP contribution < -0.4 is 10.1 Å². The third kappa shape index (κ3) is 1.29. The van der Waals surface area contributed by atoms with Gasteiger partial charge >= 0.3 is 11.1 Å². The largest absolute Gasteiger partial charge is 0.327 e. The third-order valence-electron chi connectivity index (χ3n) is 2.03. The Labute approximate surface area is 85.2 Å². The van der Waals surface area contributed by atoms with Crippen molar-refractivity contribution >= 4 is 17.3 Å². The van der Waals surface area contributed by atoms with Crippen LogP contribution in [0.1, 0.15) is 0 Å². The lowest BCUT2D eigenvalue weighted by molar-refractivity contribution is -0.587. The molecule has 14 heavy (non-hydrogen) atoms. The smallest absolute Gasteiger partial charge is 0.280 e. The Kier molecular flexibility index (Phi) is 2.25. The van der Waals surface area contributed by atoms with Crippen LogP contribution in [0.15, 0.2) is 34.3 Å². The monoisotopic (exact) mass is 208 g/mol. The fraction of sp³-hybridized carbons (Fsp3) is 0.222. The molecule has 0 radical (unpaired) electrons. The molecule has 72 valence electrons. The summed E-state index contributed by atoms with van der Waals surface area (Å²) in [7, 11) is 1.73. The van der Waals surface area contributed by atoms with Crippen LogP contribution in [-0.2, 0) is 7.05 Å². The van der Waals surface area contributed by atoms with Crippen molar-refractivity contribution in [1.82, 2.24) is 9.67 Å². The first-order chi connectivity index (χ1) is 6.74. The first kappa shape index (κ1) is 9.21. The summed E-state index contributed by atoms with van der Waals surface area (Å²) >= 11 is 1.46. The van der Waals surface area contributed by atoms with Crippen LogP contribution in [0.5, 0.6) is 0 Å². The summed E-state index contributed by atoms with van der Waals surface area (Å²) in [5.41, 5.74) is 0.567. The normalized spacial score (nSPS) is 10.7. The van der Waals surface area contributed by atoms with Crippen molar-refractivity contribution in [3.8, 4) is 0 Å². The summed E-state index contributed by atoms with van der Waals surface area (Å²) in [4.78, 5) is 11.8. The molecule has 5 heteroatoms. The topological polar surface area (TPSA) is 39.0 Å². The van der Waals surface area contributed by atoms with Crippen molar-refractivity contribution < 1.29 is 4.52 Å². The molecule has 2 aromatic rings. The number of nitrogens with zero attached hydrogens (tertiary/aromatic N) is 3. The number of rotatable bonds is 1. The minimum atomic E-state index is -0.0232. The van der Waals surface area contributed by atoms with Crippen LogP contribution in [0.25, 0.3) is 5.52 Å². The van der Waals surface area contributed by atoms with E-state index >= 15 is 0 Å². The Morgan fingerprint density at radius 3 is 3.00 bits per heavy atom. The standard InChI is InChI=1S/C9H10N3OS/c1-11-8(13)7-5-3-4-6-12(7)10-9(11)14-2/h3-6H,1-2H3/q+1. The molecule has 0 amide bonds. The van der Waals surface area contributed by atoms with Gasteiger partial charge in [-0.1, -0.05) is 11.8 Å². The van der Waals surface area contributed by atoms with Gasteiger partial charge in [-0.25, -0.2) is 0 Å². The van der Waals surface area contributed by atoms with E-state index in [1.54, 1.807) is 28.4 Å². The fourth-order valence-corrected chi connectivity index (χ4v) is 1.81. The molecule has 0 bridgehead atoms. The Bertz CT molecular complexity index is 535. The van der Waals surface area contributed by atoms with E-state index in [1.165, 1.54) is 11.8 Å². The SMILES string of the molecule is CSc1n[n+]2ccccc2c(=O)n1C. The molecule has 0 atom stereocenters. The van der Waals surface area contributed by atoms with Gasteiger partial charge in [0.2, 0.25) is 11.4 Å². The fourth-order valence-electron chi connectivity index (χ4n) is 1.29. The highest BCUT2D eigenvalue weighted by Gasteiger charge is 2.13. The molecule has 0 unspecified atom stereocenters. The predicted octanol–water partition coefficient (Wildman–Crippen LogP) is 0.241. The number of pyridine rings is 1. The molecule has 0 aliphatic rings. The van der Waals surface area contributed by atoms with Crippen LogP contribution in [0, 0.1) is 0 Å². The second-order valence-corrected chi connectivity index (χ2v) is 3.65. The van der Waals surface area contributed by atoms with Crippen LogP contribution in [0.3, 0.4) is 0 Å². The zero-order valence-electron chi connectivity index (χ0n) is 7.97. The Hall–Kier alpha value is -1.36. The van der Waals surface area contributed by atoms with E-state index in [4.69, 9.17) is 0 Å². The number of aromatic nitrogens is 3. The van der Waals surface area contributed by atoms with Crippen LogP contribution >= 0.6 is 11.8 Å². The molecule has 0 aliphatic carbocycles. The minimum absolute atomic E-state index is 0.0232. The lowest BCUT2D eigenvalue weighted by Gasteiger charge is -1.99. The molecular weight excluding hydrogens is 198 g/mol. The second-order valence-electron chi connectivity index (χ2n) is 2.88. The van der Waals surface area contributed by atoms with Crippen molar-refractivity contribution in [2.75, 3.05) is 6.26 Å². The van der Waals surface area contributed by atoms with Gasteiger partial charge in [0.15, 0.2) is 0 Å². The lowest BCUT2D eigenvalue weighted by Crippen LogP contribution is -2.37. The second kappa shape index (κ2) is 3.42. The first-order valence-electron chi connectivity index (χ1n) is 4.16. The molecule has 0 fully saturated rings. The Balaban J connectivity index is 2.92. The highest BCUT2D eigenvalue weighted by Crippen LogP contribution is 2.05. The quantitative estimate of drug-likeness (QED) is 0.498. The number of hydrogen-bond donors (Lipinski definition) is 0. The molecule has 0 saturated heterocycles. The van der Waals surface area contributed by atoms with E-state index in [1.807, 2.05) is 18.4 Å². The van der Waals surface area contributed by atoms with E-state index in [0.717, 1.165) is 0 Å². The van der Waals surface area contributed by atoms with Crippen LogP contribution in [0.4, 0.5) is 0 Å². The maximum atomic E-state index is 11.8. The lowest BCUT2D eigenvalue weighted by atomic mass is 10.4. The molecule has 2 aromatic heterocycles. The van der Waals surface area contributed by atoms with Gasteiger partial charge in [-0.2, -0.15) is 0 Å². The molecule has 0 aliphatic heterocycles. The summed E-state index contributed by atoms with van der Waals surface area (Å²) in [5, 5.41) is 5.00. The Morgan fingerprint density at radius 2 is 2.29 bits per heavy atom. The van der Waals surface area contributed by atoms with Gasteiger partial charge in [0, 0.05) is 24.3 Å². The molecule has 0 saturated carbocycles. The number of fused-ring (bicyclic) bond motifs is 1. The van der Waals surface area contributed by atoms with Gasteiger partial charge in [0.05, 0.1) is 0 Å². The van der Waals surface area contributed by atoms with E-state index < -0.39 is 0 Å². The summed E-state index contributed by atoms with van der Waals surface area (Å²) in [5.74, 6) is 0. The van der Waals surface area contributed by atoms with Gasteiger partial charge < -0.3 is 0 Å². The predicted molar refractivity (Wildman–Crippen MR) is 54.4 cm³/mol. The highest BCUT2D eigenvalue weighted by molar-refractivity contribution is 7.98. The summed E-state index contributed by atoms with van der Waals surface area (Å²) in [6.45, 7) is 0. The summed E-state index contributed by atoms with van der Waals surface area (Å²) in [6.07, 6.45) is 3.67. The van der Waals surface area contributed by atoms with Gasteiger partial charge in [-0.15, -0.1) is 0 Å². The van der Waals surface area contributed by atoms with E-state index in [0.29, 0.717) is 10.7 Å². The molecule has 2 heterocycles. The van der Waals surface area contributed by atoms with Crippen LogP contribution in [-0.4, -0.2) is 15.9 Å². The highest BCUT2D eigenvalue weighted by atomic mass is 32.2. The third-order valence-corrected chi connectivity index (χ3v) is 2.75. The molecular formula is C9H10N3OS+. The van der Waals surface area contributed by atoms with Crippen molar-refractivity contribution in [3.63, 3.8) is 0 Å². The molecule has 4 nitrogen and oxygen atoms in total. The number of thioether (sulfide) groups is 1. The van der Waals surface area contributed by atoms with Crippen molar-refractivity contribution in [2.45, 2.75) is 5.16 Å². The maximum Gasteiger partial charge on any atom is 0.327 e. The Morgan fingerprint density at radius 1 is 1.50 bits per heavy atom. The average molecular weight is 208 g/mol. The van der Waals surface area contributed by atoms with Crippen LogP contribution in [0.2, 0.25) is 0 Å². The van der Waals surface area contributed by atoms with Gasteiger partial charge in [0.25, 0.3) is 0 Å². The minimum Gasteiger partial charge on any atom is -0.280 e. The van der Waals surface area contributed by atoms with Gasteiger partial charge in [0.1, 0.15) is 0 Å². The molecule has 0 aromatic carbocycles. The van der Waals surface area contributed by atoms with Crippen molar-refractivity contribution in [2.24, 2.45) is 7.05 Å². The van der Waals surface area contributed by atoms with E-state index in [9.17, 15) is 4.79 Å². The summed E-state index contributed by atoms with van der Waals surface area (Å²) < 4.78 is 3.16. The zero-order chi connectivity index (χ0) is 10.1. The van der Waals surface area contributed by atoms with Gasteiger partial charge in [-0.3, -0.25) is 9.36 Å². The zero-order valence-corrected chi connectivity index (χ0v) is 8.78. The van der Waals surface area contributed by atoms with Crippen molar-refractivity contribution in [1.29, 1.82) is 0 Å². The van der Waals surface area contributed by atoms with E-state index in [-0.39, 0.29) is 5.56 Å². The molecule has 0 spiro atoms. The maximum absolute atomic E-state index is 11.8. The summed E-state index contributed by atoms with van der Waals surface area (Å²) in [6, 6.07) is 5.44. The number of hydrogen-bond acceptors (Lipinski definition) is 3. The van der Waals surface area contributed by atoms with Gasteiger partial charge in [-0.05, 0) is 16.8 Å². The molecule has 0 N–H and O–H groups in total. The van der Waals surface area contributed by atoms with Crippen molar-refractivity contribution in [3.05, 3.63) is 34.7 Å². The van der Waals surface area contributed by atoms with E-state index in [2.05, 4.69) is 5.10 Å². The molecule has 2 rings (SSSR count). The average Bonchev–Trinajstić information content (AvgIpc) is 2.23.